The summed E-state index contributed by atoms with van der Waals surface area (Å²) in [7, 11) is 1.95. The summed E-state index contributed by atoms with van der Waals surface area (Å²) < 4.78 is 1.95. The number of imidazole rings is 1. The molecule has 0 saturated heterocycles. The van der Waals surface area contributed by atoms with E-state index in [-0.39, 0.29) is 0 Å². The van der Waals surface area contributed by atoms with Crippen molar-refractivity contribution in [3.63, 3.8) is 0 Å². The topological polar surface area (TPSA) is 69.6 Å². The highest BCUT2D eigenvalue weighted by Gasteiger charge is 2.12. The average molecular weight is 249 g/mol. The second kappa shape index (κ2) is 4.85. The quantitative estimate of drug-likeness (QED) is 0.891. The average Bonchev–Trinajstić information content (AvgIpc) is 2.70. The van der Waals surface area contributed by atoms with E-state index in [4.69, 9.17) is 5.73 Å². The Balaban J connectivity index is 2.40. The first-order valence-corrected chi connectivity index (χ1v) is 6.13. The molecule has 17 heavy (non-hydrogen) atoms. The molecule has 0 radical (unpaired) electrons. The van der Waals surface area contributed by atoms with Crippen molar-refractivity contribution in [1.82, 2.24) is 19.7 Å². The molecule has 5 nitrogen and oxygen atoms in total. The van der Waals surface area contributed by atoms with Gasteiger partial charge in [0.1, 0.15) is 5.03 Å². The van der Waals surface area contributed by atoms with Gasteiger partial charge >= 0.3 is 0 Å². The minimum atomic E-state index is 0.467. The number of nitrogens with zero attached hydrogens (tertiary/aromatic N) is 4. The lowest BCUT2D eigenvalue weighted by Crippen LogP contribution is -2.07. The maximum atomic E-state index is 5.78. The van der Waals surface area contributed by atoms with Gasteiger partial charge in [-0.25, -0.2) is 4.98 Å². The molecule has 6 heteroatoms. The number of rotatable bonds is 3. The van der Waals surface area contributed by atoms with Gasteiger partial charge in [-0.2, -0.15) is 5.10 Å². The van der Waals surface area contributed by atoms with Crippen LogP contribution in [0.4, 0.5) is 0 Å². The maximum absolute atomic E-state index is 5.78. The Labute approximate surface area is 104 Å². The fourth-order valence-corrected chi connectivity index (χ4v) is 2.43. The molecular weight excluding hydrogens is 234 g/mol. The summed E-state index contributed by atoms with van der Waals surface area (Å²) in [5.41, 5.74) is 8.86. The zero-order chi connectivity index (χ0) is 12.4. The summed E-state index contributed by atoms with van der Waals surface area (Å²) in [6.45, 7) is 4.43. The van der Waals surface area contributed by atoms with Crippen molar-refractivity contribution >= 4 is 11.8 Å². The number of nitrogens with two attached hydrogens (primary N) is 1. The molecule has 0 aliphatic rings. The van der Waals surface area contributed by atoms with E-state index >= 15 is 0 Å². The van der Waals surface area contributed by atoms with E-state index in [1.54, 1.807) is 6.20 Å². The van der Waals surface area contributed by atoms with Crippen molar-refractivity contribution < 1.29 is 0 Å². The molecule has 2 heterocycles. The van der Waals surface area contributed by atoms with Crippen LogP contribution >= 0.6 is 11.8 Å². The first-order chi connectivity index (χ1) is 8.13. The smallest absolute Gasteiger partial charge is 0.174 e. The predicted octanol–water partition coefficient (Wildman–Crippen LogP) is 1.44. The van der Waals surface area contributed by atoms with Crippen LogP contribution < -0.4 is 5.73 Å². The number of aryl methyl sites for hydroxylation is 2. The van der Waals surface area contributed by atoms with Gasteiger partial charge < -0.3 is 10.3 Å². The summed E-state index contributed by atoms with van der Waals surface area (Å²) in [5, 5.41) is 10.1. The van der Waals surface area contributed by atoms with E-state index in [1.165, 1.54) is 11.8 Å². The molecule has 2 aromatic heterocycles. The van der Waals surface area contributed by atoms with Crippen LogP contribution in [0, 0.1) is 13.8 Å². The van der Waals surface area contributed by atoms with Crippen LogP contribution in [0.15, 0.2) is 22.6 Å². The molecule has 0 aliphatic heterocycles. The van der Waals surface area contributed by atoms with Crippen molar-refractivity contribution in [2.24, 2.45) is 12.8 Å². The Hall–Kier alpha value is -1.40. The Morgan fingerprint density at radius 2 is 2.12 bits per heavy atom. The molecule has 0 bridgehead atoms. The van der Waals surface area contributed by atoms with Crippen molar-refractivity contribution in [3.8, 4) is 0 Å². The van der Waals surface area contributed by atoms with Gasteiger partial charge in [-0.05, 0) is 31.2 Å². The molecule has 2 aromatic rings. The summed E-state index contributed by atoms with van der Waals surface area (Å²) in [4.78, 5) is 4.26. The molecule has 0 saturated carbocycles. The first-order valence-electron chi connectivity index (χ1n) is 5.31. The first kappa shape index (κ1) is 12.1. The highest BCUT2D eigenvalue weighted by Crippen LogP contribution is 2.28. The number of hydrogen-bond acceptors (Lipinski definition) is 5. The van der Waals surface area contributed by atoms with Crippen molar-refractivity contribution in [2.45, 2.75) is 30.6 Å². The van der Waals surface area contributed by atoms with E-state index in [0.29, 0.717) is 6.54 Å². The Kier molecular flexibility index (Phi) is 3.44. The highest BCUT2D eigenvalue weighted by atomic mass is 32.2. The second-order valence-corrected chi connectivity index (χ2v) is 4.78. The van der Waals surface area contributed by atoms with E-state index in [1.807, 2.05) is 31.7 Å². The minimum Gasteiger partial charge on any atom is -0.329 e. The molecule has 0 amide bonds. The Morgan fingerprint density at radius 1 is 1.35 bits per heavy atom. The second-order valence-electron chi connectivity index (χ2n) is 3.82. The molecule has 2 N–H and O–H groups in total. The molecule has 0 spiro atoms. The van der Waals surface area contributed by atoms with E-state index in [2.05, 4.69) is 15.2 Å². The maximum Gasteiger partial charge on any atom is 0.174 e. The Morgan fingerprint density at radius 3 is 2.71 bits per heavy atom. The van der Waals surface area contributed by atoms with Gasteiger partial charge in [-0.15, -0.1) is 5.10 Å². The largest absolute Gasteiger partial charge is 0.329 e. The van der Waals surface area contributed by atoms with Gasteiger partial charge in [0.15, 0.2) is 5.16 Å². The van der Waals surface area contributed by atoms with Gasteiger partial charge in [-0.3, -0.25) is 0 Å². The zero-order valence-electron chi connectivity index (χ0n) is 10.1. The fraction of sp³-hybridized carbons (Fsp3) is 0.364. The van der Waals surface area contributed by atoms with Crippen molar-refractivity contribution in [3.05, 3.63) is 29.2 Å². The molecule has 0 aliphatic carbocycles. The van der Waals surface area contributed by atoms with Crippen LogP contribution in [0.1, 0.15) is 16.8 Å². The SMILES string of the molecule is Cc1nnc(Sc2nccn2C)c(CN)c1C. The molecular formula is C11H15N5S. The standard InChI is InChI=1S/C11H15N5S/c1-7-8(2)14-15-10(9(7)6-12)17-11-13-4-5-16(11)3/h4-5H,6,12H2,1-3H3. The third kappa shape index (κ3) is 2.32. The molecule has 90 valence electrons. The predicted molar refractivity (Wildman–Crippen MR) is 66.7 cm³/mol. The minimum absolute atomic E-state index is 0.467. The van der Waals surface area contributed by atoms with Gasteiger partial charge in [-0.1, -0.05) is 0 Å². The van der Waals surface area contributed by atoms with Crippen LogP contribution in [0.2, 0.25) is 0 Å². The van der Waals surface area contributed by atoms with Crippen molar-refractivity contribution in [1.29, 1.82) is 0 Å². The van der Waals surface area contributed by atoms with E-state index < -0.39 is 0 Å². The van der Waals surface area contributed by atoms with Gasteiger partial charge in [0, 0.05) is 31.5 Å². The van der Waals surface area contributed by atoms with Gasteiger partial charge in [0.05, 0.1) is 5.69 Å². The summed E-state index contributed by atoms with van der Waals surface area (Å²) >= 11 is 1.49. The van der Waals surface area contributed by atoms with E-state index in [0.717, 1.165) is 27.0 Å². The zero-order valence-corrected chi connectivity index (χ0v) is 11.0. The number of hydrogen-bond donors (Lipinski definition) is 1. The third-order valence-electron chi connectivity index (χ3n) is 2.71. The highest BCUT2D eigenvalue weighted by molar-refractivity contribution is 7.99. The fourth-order valence-electron chi connectivity index (χ4n) is 1.49. The monoisotopic (exact) mass is 249 g/mol. The van der Waals surface area contributed by atoms with Crippen LogP contribution in [0.25, 0.3) is 0 Å². The van der Waals surface area contributed by atoms with Crippen LogP contribution in [0.3, 0.4) is 0 Å². The molecule has 0 fully saturated rings. The summed E-state index contributed by atoms with van der Waals surface area (Å²) in [6.07, 6.45) is 3.66. The van der Waals surface area contributed by atoms with Crippen LogP contribution in [-0.2, 0) is 13.6 Å². The lowest BCUT2D eigenvalue weighted by Gasteiger charge is -2.10. The molecule has 0 atom stereocenters. The van der Waals surface area contributed by atoms with Gasteiger partial charge in [0.2, 0.25) is 0 Å². The number of aromatic nitrogens is 4. The van der Waals surface area contributed by atoms with Crippen molar-refractivity contribution in [2.75, 3.05) is 0 Å². The van der Waals surface area contributed by atoms with Crippen LogP contribution in [0.5, 0.6) is 0 Å². The third-order valence-corrected chi connectivity index (χ3v) is 3.81. The van der Waals surface area contributed by atoms with E-state index in [9.17, 15) is 0 Å². The van der Waals surface area contributed by atoms with Crippen LogP contribution in [-0.4, -0.2) is 19.7 Å². The summed E-state index contributed by atoms with van der Waals surface area (Å²) in [5.74, 6) is 0. The lowest BCUT2D eigenvalue weighted by atomic mass is 10.1. The normalized spacial score (nSPS) is 10.8. The summed E-state index contributed by atoms with van der Waals surface area (Å²) in [6, 6.07) is 0. The Bertz CT molecular complexity index is 535. The molecule has 0 aromatic carbocycles. The lowest BCUT2D eigenvalue weighted by molar-refractivity contribution is 0.778. The van der Waals surface area contributed by atoms with Gasteiger partial charge in [0.25, 0.3) is 0 Å². The molecule has 2 rings (SSSR count). The molecule has 0 unspecified atom stereocenters.